The SMILES string of the molecule is CC.CN1CC(O)(c2ccccc2)C1. The number of rotatable bonds is 1. The molecule has 0 saturated carbocycles. The molecule has 1 heterocycles. The molecule has 1 aromatic rings. The molecule has 2 heteroatoms. The van der Waals surface area contributed by atoms with Crippen molar-refractivity contribution in [2.75, 3.05) is 20.1 Å². The highest BCUT2D eigenvalue weighted by atomic mass is 16.3. The molecule has 0 unspecified atom stereocenters. The van der Waals surface area contributed by atoms with E-state index in [0.717, 1.165) is 18.7 Å². The second kappa shape index (κ2) is 4.58. The molecule has 1 N–H and O–H groups in total. The molecule has 1 fully saturated rings. The van der Waals surface area contributed by atoms with Crippen molar-refractivity contribution in [2.24, 2.45) is 0 Å². The lowest BCUT2D eigenvalue weighted by Crippen LogP contribution is -2.57. The zero-order chi connectivity index (χ0) is 10.6. The summed E-state index contributed by atoms with van der Waals surface area (Å²) in [6.45, 7) is 5.49. The van der Waals surface area contributed by atoms with Crippen molar-refractivity contribution in [1.29, 1.82) is 0 Å². The lowest BCUT2D eigenvalue weighted by molar-refractivity contribution is -0.0918. The molecule has 1 aromatic carbocycles. The van der Waals surface area contributed by atoms with Crippen LogP contribution in [0.1, 0.15) is 19.4 Å². The molecule has 1 aliphatic rings. The first-order valence-corrected chi connectivity index (χ1v) is 5.17. The maximum Gasteiger partial charge on any atom is 0.115 e. The van der Waals surface area contributed by atoms with Gasteiger partial charge in [0.15, 0.2) is 0 Å². The van der Waals surface area contributed by atoms with Crippen LogP contribution in [0.25, 0.3) is 0 Å². The van der Waals surface area contributed by atoms with E-state index >= 15 is 0 Å². The van der Waals surface area contributed by atoms with Crippen molar-refractivity contribution in [3.8, 4) is 0 Å². The van der Waals surface area contributed by atoms with E-state index < -0.39 is 5.60 Å². The third-order valence-electron chi connectivity index (χ3n) is 2.37. The van der Waals surface area contributed by atoms with Gasteiger partial charge in [0.1, 0.15) is 5.60 Å². The summed E-state index contributed by atoms with van der Waals surface area (Å²) in [5.74, 6) is 0. The monoisotopic (exact) mass is 193 g/mol. The fourth-order valence-corrected chi connectivity index (χ4v) is 1.78. The maximum atomic E-state index is 10.0. The molecule has 14 heavy (non-hydrogen) atoms. The number of likely N-dealkylation sites (N-methyl/N-ethyl adjacent to an activating group) is 1. The molecule has 1 aliphatic heterocycles. The molecule has 0 aliphatic carbocycles. The zero-order valence-electron chi connectivity index (χ0n) is 9.20. The van der Waals surface area contributed by atoms with Crippen LogP contribution in [0.3, 0.4) is 0 Å². The van der Waals surface area contributed by atoms with E-state index in [2.05, 4.69) is 4.90 Å². The Bertz CT molecular complexity index is 265. The fraction of sp³-hybridized carbons (Fsp3) is 0.500. The van der Waals surface area contributed by atoms with E-state index in [-0.39, 0.29) is 0 Å². The second-order valence-electron chi connectivity index (χ2n) is 3.57. The van der Waals surface area contributed by atoms with Crippen LogP contribution in [0.4, 0.5) is 0 Å². The van der Waals surface area contributed by atoms with Crippen LogP contribution in [-0.2, 0) is 5.60 Å². The average Bonchev–Trinajstić information content (AvgIpc) is 2.20. The van der Waals surface area contributed by atoms with E-state index in [9.17, 15) is 5.11 Å². The zero-order valence-corrected chi connectivity index (χ0v) is 9.20. The normalized spacial score (nSPS) is 19.1. The third-order valence-corrected chi connectivity index (χ3v) is 2.37. The maximum absolute atomic E-state index is 10.0. The first kappa shape index (κ1) is 11.2. The summed E-state index contributed by atoms with van der Waals surface area (Å²) in [6.07, 6.45) is 0. The van der Waals surface area contributed by atoms with Gasteiger partial charge in [0, 0.05) is 13.1 Å². The first-order valence-electron chi connectivity index (χ1n) is 5.17. The summed E-state index contributed by atoms with van der Waals surface area (Å²) in [7, 11) is 2.01. The van der Waals surface area contributed by atoms with E-state index in [4.69, 9.17) is 0 Å². The van der Waals surface area contributed by atoms with Gasteiger partial charge in [0.05, 0.1) is 0 Å². The van der Waals surface area contributed by atoms with Gasteiger partial charge in [0.25, 0.3) is 0 Å². The molecule has 0 bridgehead atoms. The van der Waals surface area contributed by atoms with Crippen LogP contribution in [0.15, 0.2) is 30.3 Å². The van der Waals surface area contributed by atoms with E-state index in [1.807, 2.05) is 51.2 Å². The lowest BCUT2D eigenvalue weighted by Gasteiger charge is -2.44. The summed E-state index contributed by atoms with van der Waals surface area (Å²) in [5.41, 5.74) is 0.443. The van der Waals surface area contributed by atoms with E-state index in [0.29, 0.717) is 0 Å². The Morgan fingerprint density at radius 2 is 1.64 bits per heavy atom. The number of benzene rings is 1. The second-order valence-corrected chi connectivity index (χ2v) is 3.57. The Morgan fingerprint density at radius 3 is 2.07 bits per heavy atom. The van der Waals surface area contributed by atoms with Gasteiger partial charge in [-0.15, -0.1) is 0 Å². The Balaban J connectivity index is 0.000000461. The summed E-state index contributed by atoms with van der Waals surface area (Å²) in [4.78, 5) is 2.10. The van der Waals surface area contributed by atoms with Crippen molar-refractivity contribution < 1.29 is 5.11 Å². The Labute approximate surface area is 86.2 Å². The molecule has 2 rings (SSSR count). The average molecular weight is 193 g/mol. The minimum Gasteiger partial charge on any atom is -0.382 e. The van der Waals surface area contributed by atoms with Gasteiger partial charge in [-0.1, -0.05) is 44.2 Å². The van der Waals surface area contributed by atoms with Crippen molar-refractivity contribution in [3.05, 3.63) is 35.9 Å². The van der Waals surface area contributed by atoms with Gasteiger partial charge in [0.2, 0.25) is 0 Å². The van der Waals surface area contributed by atoms with Gasteiger partial charge in [-0.3, -0.25) is 4.90 Å². The van der Waals surface area contributed by atoms with Crippen LogP contribution in [0, 0.1) is 0 Å². The molecule has 0 aromatic heterocycles. The van der Waals surface area contributed by atoms with Crippen LogP contribution >= 0.6 is 0 Å². The predicted molar refractivity (Wildman–Crippen MR) is 59.2 cm³/mol. The smallest absolute Gasteiger partial charge is 0.115 e. The summed E-state index contributed by atoms with van der Waals surface area (Å²) in [5, 5.41) is 10.0. The van der Waals surface area contributed by atoms with Crippen molar-refractivity contribution in [2.45, 2.75) is 19.4 Å². The number of hydrogen-bond donors (Lipinski definition) is 1. The minimum atomic E-state index is -0.587. The molecule has 1 saturated heterocycles. The Morgan fingerprint density at radius 1 is 1.14 bits per heavy atom. The highest BCUT2D eigenvalue weighted by Gasteiger charge is 2.40. The van der Waals surface area contributed by atoms with Gasteiger partial charge < -0.3 is 5.11 Å². The molecule has 0 radical (unpaired) electrons. The van der Waals surface area contributed by atoms with Crippen molar-refractivity contribution in [3.63, 3.8) is 0 Å². The number of aliphatic hydroxyl groups is 1. The Kier molecular flexibility index (Phi) is 3.67. The van der Waals surface area contributed by atoms with Crippen molar-refractivity contribution >= 4 is 0 Å². The number of hydrogen-bond acceptors (Lipinski definition) is 2. The number of likely N-dealkylation sites (tertiary alicyclic amines) is 1. The molecule has 2 nitrogen and oxygen atoms in total. The van der Waals surface area contributed by atoms with Crippen LogP contribution in [-0.4, -0.2) is 30.1 Å². The number of nitrogens with zero attached hydrogens (tertiary/aromatic N) is 1. The van der Waals surface area contributed by atoms with Gasteiger partial charge in [-0.25, -0.2) is 0 Å². The Hall–Kier alpha value is -0.860. The molecule has 0 atom stereocenters. The molecular formula is C12H19NO. The highest BCUT2D eigenvalue weighted by molar-refractivity contribution is 5.25. The van der Waals surface area contributed by atoms with Crippen LogP contribution in [0.5, 0.6) is 0 Å². The topological polar surface area (TPSA) is 23.5 Å². The van der Waals surface area contributed by atoms with Crippen LogP contribution < -0.4 is 0 Å². The predicted octanol–water partition coefficient (Wildman–Crippen LogP) is 1.85. The lowest BCUT2D eigenvalue weighted by atomic mass is 9.87. The highest BCUT2D eigenvalue weighted by Crippen LogP contribution is 2.29. The van der Waals surface area contributed by atoms with E-state index in [1.54, 1.807) is 0 Å². The van der Waals surface area contributed by atoms with Gasteiger partial charge >= 0.3 is 0 Å². The van der Waals surface area contributed by atoms with Crippen molar-refractivity contribution in [1.82, 2.24) is 4.90 Å². The third kappa shape index (κ3) is 2.14. The van der Waals surface area contributed by atoms with Crippen LogP contribution in [0.2, 0.25) is 0 Å². The fourth-order valence-electron chi connectivity index (χ4n) is 1.78. The molecule has 78 valence electrons. The minimum absolute atomic E-state index is 0.587. The summed E-state index contributed by atoms with van der Waals surface area (Å²) < 4.78 is 0. The summed E-state index contributed by atoms with van der Waals surface area (Å²) in [6, 6.07) is 9.85. The molecule has 0 spiro atoms. The molecular weight excluding hydrogens is 174 g/mol. The first-order chi connectivity index (χ1) is 6.71. The summed E-state index contributed by atoms with van der Waals surface area (Å²) >= 11 is 0. The number of β-amino-alcohol motifs (C(OH)–C–C–N with tert-alkyl or cyclic N) is 1. The standard InChI is InChI=1S/C10H13NO.C2H6/c1-11-7-10(12,8-11)9-5-3-2-4-6-9;1-2/h2-6,12H,7-8H2,1H3;1-2H3. The molecule has 0 amide bonds. The van der Waals surface area contributed by atoms with Gasteiger partial charge in [-0.05, 0) is 12.6 Å². The van der Waals surface area contributed by atoms with E-state index in [1.165, 1.54) is 0 Å². The quantitative estimate of drug-likeness (QED) is 0.735. The largest absolute Gasteiger partial charge is 0.382 e. The van der Waals surface area contributed by atoms with Gasteiger partial charge in [-0.2, -0.15) is 0 Å².